The van der Waals surface area contributed by atoms with E-state index >= 15 is 0 Å². The highest BCUT2D eigenvalue weighted by molar-refractivity contribution is 5.74. The van der Waals surface area contributed by atoms with Gasteiger partial charge in [0.05, 0.1) is 18.3 Å². The molecule has 2 aromatic rings. The molecule has 2 aliphatic rings. The van der Waals surface area contributed by atoms with Crippen molar-refractivity contribution in [2.45, 2.75) is 65.1 Å². The number of likely N-dealkylation sites (tertiary alicyclic amines) is 1. The van der Waals surface area contributed by atoms with Crippen LogP contribution in [0.5, 0.6) is 0 Å². The molecule has 1 N–H and O–H groups in total. The first-order valence-electron chi connectivity index (χ1n) is 10.0. The molecule has 0 aromatic carbocycles. The maximum absolute atomic E-state index is 12.9. The minimum absolute atomic E-state index is 0.000794. The maximum atomic E-state index is 12.9. The molecule has 1 atom stereocenters. The molecule has 8 nitrogen and oxygen atoms in total. The first-order valence-corrected chi connectivity index (χ1v) is 10.0. The lowest BCUT2D eigenvalue weighted by molar-refractivity contribution is 0.162. The summed E-state index contributed by atoms with van der Waals surface area (Å²) >= 11 is 0. The van der Waals surface area contributed by atoms with Crippen molar-refractivity contribution in [3.63, 3.8) is 0 Å². The molecule has 0 saturated carbocycles. The van der Waals surface area contributed by atoms with Crippen molar-refractivity contribution < 1.29 is 4.79 Å². The summed E-state index contributed by atoms with van der Waals surface area (Å²) in [4.78, 5) is 14.8. The lowest BCUT2D eigenvalue weighted by Gasteiger charge is -2.33. The van der Waals surface area contributed by atoms with Gasteiger partial charge in [-0.05, 0) is 37.7 Å². The summed E-state index contributed by atoms with van der Waals surface area (Å²) < 4.78 is 4.22. The van der Waals surface area contributed by atoms with E-state index in [1.807, 2.05) is 15.8 Å². The van der Waals surface area contributed by atoms with E-state index in [1.165, 1.54) is 5.56 Å². The average Bonchev–Trinajstić information content (AvgIpc) is 3.36. The molecule has 2 amide bonds. The van der Waals surface area contributed by atoms with E-state index in [1.54, 1.807) is 0 Å². The summed E-state index contributed by atoms with van der Waals surface area (Å²) in [7, 11) is 0. The van der Waals surface area contributed by atoms with Crippen LogP contribution in [-0.2, 0) is 13.0 Å². The predicted octanol–water partition coefficient (Wildman–Crippen LogP) is 2.47. The summed E-state index contributed by atoms with van der Waals surface area (Å²) in [5.74, 6) is 2.19. The molecule has 146 valence electrons. The molecular weight excluding hydrogens is 342 g/mol. The third kappa shape index (κ3) is 3.57. The van der Waals surface area contributed by atoms with Crippen LogP contribution in [0.2, 0.25) is 0 Å². The van der Waals surface area contributed by atoms with Crippen LogP contribution in [0.25, 0.3) is 0 Å². The van der Waals surface area contributed by atoms with Gasteiger partial charge in [-0.25, -0.2) is 4.79 Å². The molecule has 0 bridgehead atoms. The van der Waals surface area contributed by atoms with Crippen LogP contribution in [0.3, 0.4) is 0 Å². The van der Waals surface area contributed by atoms with Gasteiger partial charge in [-0.3, -0.25) is 4.68 Å². The number of fused-ring (bicyclic) bond motifs is 1. The molecule has 0 unspecified atom stereocenters. The predicted molar refractivity (Wildman–Crippen MR) is 101 cm³/mol. The van der Waals surface area contributed by atoms with Crippen LogP contribution in [-0.4, -0.2) is 48.6 Å². The molecule has 0 radical (unpaired) electrons. The Morgan fingerprint density at radius 2 is 2.00 bits per heavy atom. The fourth-order valence-electron chi connectivity index (χ4n) is 4.12. The van der Waals surface area contributed by atoms with Gasteiger partial charge in [0.1, 0.15) is 5.82 Å². The molecule has 8 heteroatoms. The summed E-state index contributed by atoms with van der Waals surface area (Å²) in [5.41, 5.74) is 1.18. The van der Waals surface area contributed by atoms with Gasteiger partial charge in [-0.1, -0.05) is 13.8 Å². The van der Waals surface area contributed by atoms with Gasteiger partial charge in [0.25, 0.3) is 0 Å². The Morgan fingerprint density at radius 3 is 2.67 bits per heavy atom. The highest BCUT2D eigenvalue weighted by Crippen LogP contribution is 2.26. The Labute approximate surface area is 159 Å². The van der Waals surface area contributed by atoms with Crippen LogP contribution in [0.4, 0.5) is 4.79 Å². The topological polar surface area (TPSA) is 80.9 Å². The molecule has 2 aliphatic heterocycles. The van der Waals surface area contributed by atoms with Crippen LogP contribution in [0, 0.1) is 12.8 Å². The SMILES string of the molecule is Cc1cnn(C2CCN(C(=O)N[C@@H](c3nnc4n3CCC4)C(C)C)CC2)c1. The number of amides is 2. The number of carbonyl (C=O) groups excluding carboxylic acids is 1. The summed E-state index contributed by atoms with van der Waals surface area (Å²) in [6.07, 6.45) is 7.93. The van der Waals surface area contributed by atoms with E-state index in [0.717, 1.165) is 57.0 Å². The van der Waals surface area contributed by atoms with Crippen LogP contribution in [0.15, 0.2) is 12.4 Å². The van der Waals surface area contributed by atoms with Gasteiger partial charge in [0.15, 0.2) is 5.82 Å². The molecule has 1 saturated heterocycles. The van der Waals surface area contributed by atoms with Crippen molar-refractivity contribution in [1.82, 2.24) is 34.8 Å². The number of aryl methyl sites for hydroxylation is 2. The van der Waals surface area contributed by atoms with Crippen LogP contribution in [0.1, 0.15) is 62.4 Å². The molecule has 0 aliphatic carbocycles. The second-order valence-corrected chi connectivity index (χ2v) is 8.12. The molecule has 0 spiro atoms. The van der Waals surface area contributed by atoms with Crippen molar-refractivity contribution in [3.8, 4) is 0 Å². The number of carbonyl (C=O) groups is 1. The van der Waals surface area contributed by atoms with E-state index in [9.17, 15) is 4.79 Å². The van der Waals surface area contributed by atoms with Gasteiger partial charge in [-0.2, -0.15) is 5.10 Å². The zero-order valence-electron chi connectivity index (χ0n) is 16.4. The van der Waals surface area contributed by atoms with E-state index in [0.29, 0.717) is 6.04 Å². The third-order valence-corrected chi connectivity index (χ3v) is 5.72. The number of urea groups is 1. The van der Waals surface area contributed by atoms with Gasteiger partial charge in [0.2, 0.25) is 0 Å². The van der Waals surface area contributed by atoms with Crippen molar-refractivity contribution in [3.05, 3.63) is 29.6 Å². The third-order valence-electron chi connectivity index (χ3n) is 5.72. The fourth-order valence-corrected chi connectivity index (χ4v) is 4.12. The second-order valence-electron chi connectivity index (χ2n) is 8.12. The Morgan fingerprint density at radius 1 is 1.22 bits per heavy atom. The van der Waals surface area contributed by atoms with E-state index in [-0.39, 0.29) is 18.0 Å². The number of hydrogen-bond acceptors (Lipinski definition) is 4. The molecule has 27 heavy (non-hydrogen) atoms. The van der Waals surface area contributed by atoms with E-state index in [2.05, 4.69) is 52.1 Å². The molecule has 4 rings (SSSR count). The lowest BCUT2D eigenvalue weighted by atomic mass is 10.0. The van der Waals surface area contributed by atoms with Gasteiger partial charge >= 0.3 is 6.03 Å². The van der Waals surface area contributed by atoms with E-state index in [4.69, 9.17) is 0 Å². The Balaban J connectivity index is 1.39. The fraction of sp³-hybridized carbons (Fsp3) is 0.684. The van der Waals surface area contributed by atoms with Crippen molar-refractivity contribution in [2.24, 2.45) is 5.92 Å². The Bertz CT molecular complexity index is 801. The monoisotopic (exact) mass is 371 g/mol. The standard InChI is InChI=1S/C19H29N7O/c1-13(2)17(18-23-22-16-5-4-8-25(16)18)21-19(27)24-9-6-15(7-10-24)26-12-14(3)11-20-26/h11-13,15,17H,4-10H2,1-3H3,(H,21,27)/t17-/m1/s1. The van der Waals surface area contributed by atoms with Gasteiger partial charge < -0.3 is 14.8 Å². The molecule has 2 aromatic heterocycles. The number of nitrogens with zero attached hydrogens (tertiary/aromatic N) is 6. The molecule has 1 fully saturated rings. The summed E-state index contributed by atoms with van der Waals surface area (Å²) in [6, 6.07) is 0.269. The minimum Gasteiger partial charge on any atom is -0.328 e. The quantitative estimate of drug-likeness (QED) is 0.895. The number of hydrogen-bond donors (Lipinski definition) is 1. The summed E-state index contributed by atoms with van der Waals surface area (Å²) in [6.45, 7) is 8.74. The molecular formula is C19H29N7O. The van der Waals surface area contributed by atoms with Crippen molar-refractivity contribution in [2.75, 3.05) is 13.1 Å². The largest absolute Gasteiger partial charge is 0.328 e. The Kier molecular flexibility index (Phi) is 4.88. The average molecular weight is 371 g/mol. The normalized spacial score (nSPS) is 18.7. The Hall–Kier alpha value is -2.38. The smallest absolute Gasteiger partial charge is 0.317 e. The van der Waals surface area contributed by atoms with Crippen LogP contribution >= 0.6 is 0 Å². The van der Waals surface area contributed by atoms with Crippen molar-refractivity contribution in [1.29, 1.82) is 0 Å². The second kappa shape index (κ2) is 7.32. The maximum Gasteiger partial charge on any atom is 0.317 e. The van der Waals surface area contributed by atoms with Crippen LogP contribution < -0.4 is 5.32 Å². The first-order chi connectivity index (χ1) is 13.0. The number of rotatable bonds is 4. The first kappa shape index (κ1) is 18.0. The zero-order valence-corrected chi connectivity index (χ0v) is 16.4. The van der Waals surface area contributed by atoms with Gasteiger partial charge in [0, 0.05) is 32.3 Å². The summed E-state index contributed by atoms with van der Waals surface area (Å²) in [5, 5.41) is 16.3. The number of nitrogens with one attached hydrogen (secondary N) is 1. The highest BCUT2D eigenvalue weighted by atomic mass is 16.2. The zero-order chi connectivity index (χ0) is 19.0. The number of piperidine rings is 1. The minimum atomic E-state index is -0.108. The van der Waals surface area contributed by atoms with Crippen molar-refractivity contribution >= 4 is 6.03 Å². The lowest BCUT2D eigenvalue weighted by Crippen LogP contribution is -2.47. The highest BCUT2D eigenvalue weighted by Gasteiger charge is 2.30. The van der Waals surface area contributed by atoms with E-state index < -0.39 is 0 Å². The molecule has 4 heterocycles. The number of aromatic nitrogens is 5. The van der Waals surface area contributed by atoms with Gasteiger partial charge in [-0.15, -0.1) is 10.2 Å².